The fourth-order valence-corrected chi connectivity index (χ4v) is 7.29. The third kappa shape index (κ3) is 12.1. The van der Waals surface area contributed by atoms with E-state index in [1.807, 2.05) is 55.6 Å². The van der Waals surface area contributed by atoms with E-state index in [1.165, 1.54) is 6.20 Å². The fourth-order valence-electron chi connectivity index (χ4n) is 7.29. The van der Waals surface area contributed by atoms with Gasteiger partial charge in [0.2, 0.25) is 0 Å². The summed E-state index contributed by atoms with van der Waals surface area (Å²) in [6, 6.07) is 19.8. The van der Waals surface area contributed by atoms with Gasteiger partial charge >= 0.3 is 12.2 Å². The van der Waals surface area contributed by atoms with Gasteiger partial charge in [-0.25, -0.2) is 19.6 Å². The van der Waals surface area contributed by atoms with Crippen LogP contribution in [-0.2, 0) is 0 Å². The summed E-state index contributed by atoms with van der Waals surface area (Å²) in [5.41, 5.74) is 2.61. The monoisotopic (exact) mass is 926 g/mol. The quantitative estimate of drug-likeness (QED) is 0.109. The smallest absolute Gasteiger partial charge is 0.410 e. The molecule has 4 N–H and O–H groups in total. The van der Waals surface area contributed by atoms with Crippen molar-refractivity contribution >= 4 is 69.0 Å². The molecule has 0 spiro atoms. The minimum Gasteiger partial charge on any atom is -0.410 e. The molecule has 18 nitrogen and oxygen atoms in total. The minimum absolute atomic E-state index is 0.00250. The molecule has 2 saturated heterocycles. The first-order chi connectivity index (χ1) is 32.2. The fraction of sp³-hybridized carbons (Fsp3) is 0.360. The number of hydrogen-bond donors (Lipinski definition) is 4. The minimum atomic E-state index is -0.511. The van der Waals surface area contributed by atoms with Crippen LogP contribution in [0.3, 0.4) is 0 Å². The van der Waals surface area contributed by atoms with Gasteiger partial charge in [-0.1, -0.05) is 41.5 Å². The van der Waals surface area contributed by atoms with Crippen molar-refractivity contribution < 1.29 is 38.2 Å². The number of hydrogen-bond acceptors (Lipinski definition) is 12. The van der Waals surface area contributed by atoms with Crippen molar-refractivity contribution in [1.82, 2.24) is 39.5 Å². The summed E-state index contributed by atoms with van der Waals surface area (Å²) < 4.78 is 10.9. The summed E-state index contributed by atoms with van der Waals surface area (Å²) in [4.78, 5) is 97.4. The van der Waals surface area contributed by atoms with E-state index in [1.54, 1.807) is 88.8 Å². The molecule has 4 amide bonds. The van der Waals surface area contributed by atoms with E-state index in [-0.39, 0.29) is 29.5 Å². The Morgan fingerprint density at radius 1 is 0.544 bits per heavy atom. The number of fused-ring (bicyclic) bond motifs is 2. The number of aromatic nitrogens is 4. The van der Waals surface area contributed by atoms with Gasteiger partial charge in [0.1, 0.15) is 23.0 Å². The van der Waals surface area contributed by atoms with Crippen LogP contribution < -0.4 is 20.1 Å². The Morgan fingerprint density at radius 2 is 1.00 bits per heavy atom. The molecular formula is C50H58N10O8. The highest BCUT2D eigenvalue weighted by Crippen LogP contribution is 2.27. The number of benzene rings is 2. The van der Waals surface area contributed by atoms with E-state index in [9.17, 15) is 28.8 Å². The van der Waals surface area contributed by atoms with E-state index in [4.69, 9.17) is 9.47 Å². The van der Waals surface area contributed by atoms with E-state index >= 15 is 0 Å². The van der Waals surface area contributed by atoms with Gasteiger partial charge in [-0.15, -0.1) is 0 Å². The largest absolute Gasteiger partial charge is 0.415 e. The normalized spacial score (nSPS) is 14.8. The van der Waals surface area contributed by atoms with Crippen molar-refractivity contribution in [3.63, 3.8) is 0 Å². The molecular weight excluding hydrogens is 869 g/mol. The topological polar surface area (TPSA) is 215 Å². The maximum atomic E-state index is 12.7. The third-order valence-electron chi connectivity index (χ3n) is 11.5. The molecule has 6 aromatic rings. The van der Waals surface area contributed by atoms with E-state index in [0.29, 0.717) is 77.3 Å². The second kappa shape index (κ2) is 20.2. The number of amides is 4. The van der Waals surface area contributed by atoms with E-state index < -0.39 is 16.9 Å². The summed E-state index contributed by atoms with van der Waals surface area (Å²) in [5.74, 6) is 0.462. The van der Waals surface area contributed by atoms with Crippen LogP contribution in [0.5, 0.6) is 11.5 Å². The zero-order valence-electron chi connectivity index (χ0n) is 39.7. The third-order valence-corrected chi connectivity index (χ3v) is 11.5. The lowest BCUT2D eigenvalue weighted by Crippen LogP contribution is -2.48. The molecule has 2 aliphatic rings. The molecule has 68 heavy (non-hydrogen) atoms. The molecule has 18 heteroatoms. The number of Topliss-reactive ketones (excluding diaryl/α,β-unsaturated/α-hetero) is 2. The SMILES string of the molecule is CN1CCN(C(=O)Oc2ccc(C(=O)Nc3cc4cc(C(=O)C(C)(C)C)[nH]c4cn3)cc2)CC1.CN1CCN(C(=O)Oc2ccc(C(=O)Nc3cnc4[nH]c(C(=O)C(C)(C)C)cc4c3)cc2)CC1. The maximum absolute atomic E-state index is 12.7. The number of pyridine rings is 2. The van der Waals surface area contributed by atoms with Gasteiger partial charge in [0.15, 0.2) is 11.6 Å². The standard InChI is InChI=1S/2C25H29N5O4/c1-25(2,3)21(31)20-14-17-13-18(15-26-22(17)28-20)27-23(32)16-5-7-19(8-6-16)34-24(33)30-11-9-29(4)10-12-30;1-25(2,3)22(31)19-13-17-14-21(26-15-20(17)27-19)28-23(32)16-5-7-18(8-6-16)34-24(33)30-11-9-29(4)10-12-30/h5-8,13-15H,9-12H2,1-4H3,(H,26,28)(H,27,32);5-8,13-15,27H,9-12H2,1-4H3,(H,26,28,32). The van der Waals surface area contributed by atoms with Crippen molar-refractivity contribution in [1.29, 1.82) is 0 Å². The van der Waals surface area contributed by atoms with Gasteiger partial charge in [0.05, 0.1) is 35.0 Å². The molecule has 0 bridgehead atoms. The highest BCUT2D eigenvalue weighted by Gasteiger charge is 2.27. The Morgan fingerprint density at radius 3 is 1.49 bits per heavy atom. The van der Waals surface area contributed by atoms with Gasteiger partial charge in [0, 0.05) is 85.1 Å². The molecule has 0 saturated carbocycles. The summed E-state index contributed by atoms with van der Waals surface area (Å²) in [6.07, 6.45) is 2.35. The van der Waals surface area contributed by atoms with Crippen LogP contribution in [0.1, 0.15) is 83.2 Å². The number of ether oxygens (including phenoxy) is 2. The number of piperazine rings is 2. The zero-order valence-corrected chi connectivity index (χ0v) is 39.7. The maximum Gasteiger partial charge on any atom is 0.415 e. The lowest BCUT2D eigenvalue weighted by atomic mass is 9.89. The predicted molar refractivity (Wildman–Crippen MR) is 259 cm³/mol. The number of ketones is 2. The Kier molecular flexibility index (Phi) is 14.4. The number of nitrogens with zero attached hydrogens (tertiary/aromatic N) is 6. The van der Waals surface area contributed by atoms with Crippen LogP contribution in [0.4, 0.5) is 21.1 Å². The van der Waals surface area contributed by atoms with Crippen molar-refractivity contribution in [2.24, 2.45) is 10.8 Å². The number of rotatable bonds is 8. The van der Waals surface area contributed by atoms with Crippen molar-refractivity contribution in [2.75, 3.05) is 77.1 Å². The second-order valence-corrected chi connectivity index (χ2v) is 19.1. The van der Waals surface area contributed by atoms with E-state index in [2.05, 4.69) is 40.4 Å². The number of H-pyrrole nitrogens is 2. The Bertz CT molecular complexity index is 2630. The summed E-state index contributed by atoms with van der Waals surface area (Å²) in [7, 11) is 4.04. The molecule has 0 atom stereocenters. The van der Waals surface area contributed by atoms with Crippen molar-refractivity contribution in [3.8, 4) is 11.5 Å². The second-order valence-electron chi connectivity index (χ2n) is 19.1. The predicted octanol–water partition coefficient (Wildman–Crippen LogP) is 7.58. The molecule has 4 aromatic heterocycles. The number of nitrogens with one attached hydrogen (secondary N) is 4. The summed E-state index contributed by atoms with van der Waals surface area (Å²) >= 11 is 0. The van der Waals surface area contributed by atoms with Crippen molar-refractivity contribution in [2.45, 2.75) is 41.5 Å². The average Bonchev–Trinajstić information content (AvgIpc) is 3.93. The summed E-state index contributed by atoms with van der Waals surface area (Å²) in [6.45, 7) is 16.9. The molecule has 0 radical (unpaired) electrons. The van der Waals surface area contributed by atoms with Gasteiger partial charge in [-0.3, -0.25) is 19.2 Å². The summed E-state index contributed by atoms with van der Waals surface area (Å²) in [5, 5.41) is 7.09. The van der Waals surface area contributed by atoms with Gasteiger partial charge in [-0.2, -0.15) is 0 Å². The molecule has 356 valence electrons. The zero-order chi connectivity index (χ0) is 48.9. The number of carbonyl (C=O) groups excluding carboxylic acids is 6. The molecule has 2 fully saturated rings. The van der Waals surface area contributed by atoms with Gasteiger partial charge in [0.25, 0.3) is 11.8 Å². The highest BCUT2D eigenvalue weighted by molar-refractivity contribution is 6.07. The molecule has 8 rings (SSSR count). The Balaban J connectivity index is 0.000000201. The Labute approximate surface area is 394 Å². The van der Waals surface area contributed by atoms with E-state index in [0.717, 1.165) is 42.5 Å². The van der Waals surface area contributed by atoms with Crippen LogP contribution in [0.15, 0.2) is 85.2 Å². The van der Waals surface area contributed by atoms with Crippen LogP contribution in [-0.4, -0.2) is 142 Å². The first-order valence-electron chi connectivity index (χ1n) is 22.4. The average molecular weight is 927 g/mol. The van der Waals surface area contributed by atoms with Crippen LogP contribution in [0.2, 0.25) is 0 Å². The first kappa shape index (κ1) is 48.5. The molecule has 0 unspecified atom stereocenters. The highest BCUT2D eigenvalue weighted by atomic mass is 16.6. The number of anilines is 2. The van der Waals surface area contributed by atoms with Crippen LogP contribution in [0, 0.1) is 10.8 Å². The lowest BCUT2D eigenvalue weighted by molar-refractivity contribution is 0.0848. The number of likely N-dealkylation sites (N-methyl/N-ethyl adjacent to an activating group) is 2. The molecule has 2 aromatic carbocycles. The van der Waals surface area contributed by atoms with Crippen LogP contribution in [0.25, 0.3) is 21.9 Å². The molecule has 6 heterocycles. The van der Waals surface area contributed by atoms with Gasteiger partial charge < -0.3 is 49.7 Å². The lowest BCUT2D eigenvalue weighted by Gasteiger charge is -2.31. The number of carbonyl (C=O) groups is 6. The molecule has 0 aliphatic carbocycles. The number of aromatic amines is 2. The molecule has 2 aliphatic heterocycles. The van der Waals surface area contributed by atoms with Crippen LogP contribution >= 0.6 is 0 Å². The first-order valence-corrected chi connectivity index (χ1v) is 22.4. The van der Waals surface area contributed by atoms with Gasteiger partial charge in [-0.05, 0) is 86.9 Å². The van der Waals surface area contributed by atoms with Crippen molar-refractivity contribution in [3.05, 3.63) is 108 Å². The Hall–Kier alpha value is -7.44.